The van der Waals surface area contributed by atoms with Crippen LogP contribution >= 0.6 is 11.8 Å². The molecule has 2 aliphatic heterocycles. The van der Waals surface area contributed by atoms with Gasteiger partial charge in [-0.25, -0.2) is 0 Å². The molecule has 0 aromatic heterocycles. The Bertz CT molecular complexity index is 335. The predicted octanol–water partition coefficient (Wildman–Crippen LogP) is 3.82. The lowest BCUT2D eigenvalue weighted by Crippen LogP contribution is -2.53. The van der Waals surface area contributed by atoms with Crippen molar-refractivity contribution in [2.45, 2.75) is 62.7 Å². The highest BCUT2D eigenvalue weighted by Gasteiger charge is 2.41. The topological polar surface area (TPSA) is 21.7 Å². The summed E-state index contributed by atoms with van der Waals surface area (Å²) < 4.78 is 11.6. The van der Waals surface area contributed by atoms with Gasteiger partial charge in [-0.3, -0.25) is 4.90 Å². The second-order valence-electron chi connectivity index (χ2n) is 7.57. The lowest BCUT2D eigenvalue weighted by molar-refractivity contribution is -0.00438. The van der Waals surface area contributed by atoms with Crippen LogP contribution in [0.2, 0.25) is 0 Å². The van der Waals surface area contributed by atoms with E-state index in [4.69, 9.17) is 9.47 Å². The van der Waals surface area contributed by atoms with Crippen LogP contribution in [0.1, 0.15) is 51.4 Å². The molecule has 0 unspecified atom stereocenters. The average Bonchev–Trinajstić information content (AvgIpc) is 3.03. The zero-order chi connectivity index (χ0) is 15.9. The molecule has 3 rings (SSSR count). The van der Waals surface area contributed by atoms with Crippen LogP contribution in [0, 0.1) is 11.8 Å². The zero-order valence-electron chi connectivity index (χ0n) is 14.9. The summed E-state index contributed by atoms with van der Waals surface area (Å²) in [5.41, 5.74) is 0. The molecule has 3 fully saturated rings. The Balaban J connectivity index is 1.76. The third-order valence-electron chi connectivity index (χ3n) is 6.15. The number of hydrogen-bond donors (Lipinski definition) is 0. The first kappa shape index (κ1) is 18.0. The molecule has 0 aromatic carbocycles. The van der Waals surface area contributed by atoms with E-state index in [1.165, 1.54) is 51.4 Å². The molecule has 0 bridgehead atoms. The third kappa shape index (κ3) is 4.87. The van der Waals surface area contributed by atoms with Gasteiger partial charge in [0.1, 0.15) is 0 Å². The van der Waals surface area contributed by atoms with Crippen molar-refractivity contribution in [3.8, 4) is 0 Å². The van der Waals surface area contributed by atoms with Gasteiger partial charge in [0.05, 0.1) is 19.8 Å². The molecule has 3 aliphatic rings. The Morgan fingerprint density at radius 1 is 0.826 bits per heavy atom. The van der Waals surface area contributed by atoms with Crippen LogP contribution in [-0.2, 0) is 9.47 Å². The van der Waals surface area contributed by atoms with Gasteiger partial charge in [0.25, 0.3) is 0 Å². The van der Waals surface area contributed by atoms with Crippen LogP contribution in [0.25, 0.3) is 0 Å². The van der Waals surface area contributed by atoms with Gasteiger partial charge in [-0.15, -0.1) is 0 Å². The van der Waals surface area contributed by atoms with E-state index in [9.17, 15) is 0 Å². The molecule has 134 valence electrons. The highest BCUT2D eigenvalue weighted by molar-refractivity contribution is 7.99. The van der Waals surface area contributed by atoms with Gasteiger partial charge < -0.3 is 9.47 Å². The van der Waals surface area contributed by atoms with Crippen LogP contribution in [0.15, 0.2) is 0 Å². The molecule has 3 nitrogen and oxygen atoms in total. The van der Waals surface area contributed by atoms with E-state index in [1.54, 1.807) is 0 Å². The Morgan fingerprint density at radius 2 is 1.52 bits per heavy atom. The summed E-state index contributed by atoms with van der Waals surface area (Å²) in [4.78, 5) is 2.75. The summed E-state index contributed by atoms with van der Waals surface area (Å²) in [5, 5.41) is 0.765. The Hall–Kier alpha value is 0.230. The maximum atomic E-state index is 5.99. The molecule has 4 atom stereocenters. The Morgan fingerprint density at radius 3 is 2.26 bits per heavy atom. The number of rotatable bonds is 2. The summed E-state index contributed by atoms with van der Waals surface area (Å²) in [6.45, 7) is 6.05. The van der Waals surface area contributed by atoms with Crippen molar-refractivity contribution in [3.05, 3.63) is 0 Å². The second-order valence-corrected chi connectivity index (χ2v) is 8.65. The van der Waals surface area contributed by atoms with Crippen molar-refractivity contribution in [2.24, 2.45) is 11.8 Å². The molecule has 2 saturated heterocycles. The monoisotopic (exact) mass is 341 g/mol. The number of fused-ring (bicyclic) bond motifs is 1. The maximum absolute atomic E-state index is 5.99. The summed E-state index contributed by atoms with van der Waals surface area (Å²) in [5.74, 6) is 1.53. The van der Waals surface area contributed by atoms with Gasteiger partial charge in [0.2, 0.25) is 0 Å². The maximum Gasteiger partial charge on any atom is 0.0594 e. The standard InChI is InChI=1S/C19H35NO2S/c1-23-18-9-7-5-3-2-4-6-8-16-14-22-15-17(16)19(18)20-10-12-21-13-11-20/h16-19H,2-15H2,1H3/t16-,17+,18-,19-/m1/s1. The first-order chi connectivity index (χ1) is 11.4. The van der Waals surface area contributed by atoms with Gasteiger partial charge in [-0.05, 0) is 25.0 Å². The quantitative estimate of drug-likeness (QED) is 0.761. The molecule has 0 aromatic rings. The first-order valence-corrected chi connectivity index (χ1v) is 11.1. The van der Waals surface area contributed by atoms with Gasteiger partial charge in [-0.2, -0.15) is 11.8 Å². The van der Waals surface area contributed by atoms with E-state index in [2.05, 4.69) is 22.9 Å². The molecule has 0 N–H and O–H groups in total. The van der Waals surface area contributed by atoms with Gasteiger partial charge in [0.15, 0.2) is 0 Å². The van der Waals surface area contributed by atoms with Crippen molar-refractivity contribution in [2.75, 3.05) is 45.8 Å². The van der Waals surface area contributed by atoms with Crippen molar-refractivity contribution >= 4 is 11.8 Å². The summed E-state index contributed by atoms with van der Waals surface area (Å²) >= 11 is 2.11. The lowest BCUT2D eigenvalue weighted by Gasteiger charge is -2.43. The zero-order valence-corrected chi connectivity index (χ0v) is 15.7. The Kier molecular flexibility index (Phi) is 7.56. The van der Waals surface area contributed by atoms with Crippen molar-refractivity contribution in [1.82, 2.24) is 4.90 Å². The number of hydrogen-bond acceptors (Lipinski definition) is 4. The van der Waals surface area contributed by atoms with E-state index in [-0.39, 0.29) is 0 Å². The molecule has 0 amide bonds. The lowest BCUT2D eigenvalue weighted by atomic mass is 9.81. The minimum atomic E-state index is 0.695. The third-order valence-corrected chi connectivity index (χ3v) is 7.27. The van der Waals surface area contributed by atoms with E-state index in [1.807, 2.05) is 0 Å². The minimum absolute atomic E-state index is 0.695. The highest BCUT2D eigenvalue weighted by Crippen LogP contribution is 2.37. The summed E-state index contributed by atoms with van der Waals surface area (Å²) in [7, 11) is 0. The summed E-state index contributed by atoms with van der Waals surface area (Å²) in [6.07, 6.45) is 13.6. The Labute approximate surface area is 146 Å². The number of morpholine rings is 1. The smallest absolute Gasteiger partial charge is 0.0594 e. The van der Waals surface area contributed by atoms with Crippen molar-refractivity contribution in [1.29, 1.82) is 0 Å². The van der Waals surface area contributed by atoms with E-state index >= 15 is 0 Å². The fourth-order valence-electron chi connectivity index (χ4n) is 4.83. The van der Waals surface area contributed by atoms with Gasteiger partial charge >= 0.3 is 0 Å². The molecule has 1 aliphatic carbocycles. The van der Waals surface area contributed by atoms with Crippen LogP contribution < -0.4 is 0 Å². The van der Waals surface area contributed by atoms with Crippen molar-refractivity contribution < 1.29 is 9.47 Å². The minimum Gasteiger partial charge on any atom is -0.381 e. The van der Waals surface area contributed by atoms with E-state index < -0.39 is 0 Å². The first-order valence-electron chi connectivity index (χ1n) is 9.82. The number of thioether (sulfide) groups is 1. The SMILES string of the molecule is CS[C@@H]1CCCCCCCC[C@@H]2COC[C@@H]2[C@H]1N1CCOCC1. The van der Waals surface area contributed by atoms with Crippen LogP contribution in [0.4, 0.5) is 0 Å². The van der Waals surface area contributed by atoms with Crippen LogP contribution in [-0.4, -0.2) is 62.0 Å². The second kappa shape index (κ2) is 9.65. The van der Waals surface area contributed by atoms with E-state index in [0.717, 1.165) is 56.6 Å². The molecule has 23 heavy (non-hydrogen) atoms. The predicted molar refractivity (Wildman–Crippen MR) is 98.2 cm³/mol. The molecular weight excluding hydrogens is 306 g/mol. The number of ether oxygens (including phenoxy) is 2. The molecule has 0 spiro atoms. The highest BCUT2D eigenvalue weighted by atomic mass is 32.2. The van der Waals surface area contributed by atoms with Gasteiger partial charge in [0, 0.05) is 36.9 Å². The van der Waals surface area contributed by atoms with E-state index in [0.29, 0.717) is 6.04 Å². The fourth-order valence-corrected chi connectivity index (χ4v) is 5.89. The molecule has 1 saturated carbocycles. The largest absolute Gasteiger partial charge is 0.381 e. The van der Waals surface area contributed by atoms with Gasteiger partial charge in [-0.1, -0.05) is 38.5 Å². The van der Waals surface area contributed by atoms with Crippen molar-refractivity contribution in [3.63, 3.8) is 0 Å². The van der Waals surface area contributed by atoms with Crippen LogP contribution in [0.3, 0.4) is 0 Å². The normalized spacial score (nSPS) is 38.5. The molecular formula is C19H35NO2S. The number of nitrogens with zero attached hydrogens (tertiary/aromatic N) is 1. The summed E-state index contributed by atoms with van der Waals surface area (Å²) in [6, 6.07) is 0.695. The fraction of sp³-hybridized carbons (Fsp3) is 1.00. The average molecular weight is 342 g/mol. The van der Waals surface area contributed by atoms with Crippen LogP contribution in [0.5, 0.6) is 0 Å². The molecule has 0 radical (unpaired) electrons. The molecule has 2 heterocycles. The molecule has 4 heteroatoms.